The lowest BCUT2D eigenvalue weighted by Gasteiger charge is -1.98. The van der Waals surface area contributed by atoms with Gasteiger partial charge in [-0.2, -0.15) is 0 Å². The van der Waals surface area contributed by atoms with Crippen LogP contribution in [0.5, 0.6) is 0 Å². The van der Waals surface area contributed by atoms with Gasteiger partial charge in [-0.3, -0.25) is 0 Å². The van der Waals surface area contributed by atoms with Crippen LogP contribution in [0.1, 0.15) is 0 Å². The second-order valence-corrected chi connectivity index (χ2v) is 3.96. The number of halogens is 2. The molecule has 66 valence electrons. The molecule has 0 nitrogen and oxygen atoms in total. The van der Waals surface area contributed by atoms with Crippen molar-refractivity contribution in [3.05, 3.63) is 46.6 Å². The van der Waals surface area contributed by atoms with Crippen LogP contribution in [-0.4, -0.2) is 0 Å². The first-order valence-electron chi connectivity index (χ1n) is 3.76. The van der Waals surface area contributed by atoms with Crippen molar-refractivity contribution in [2.45, 2.75) is 0 Å². The summed E-state index contributed by atoms with van der Waals surface area (Å²) in [5.74, 6) is -0.368. The van der Waals surface area contributed by atoms with Crippen molar-refractivity contribution in [1.82, 2.24) is 0 Å². The predicted octanol–water partition coefficient (Wildman–Crippen LogP) is 4.21. The predicted molar refractivity (Wildman–Crippen MR) is 54.7 cm³/mol. The quantitative estimate of drug-likeness (QED) is 0.665. The summed E-state index contributed by atoms with van der Waals surface area (Å²) in [5.41, 5.74) is 0.872. The highest BCUT2D eigenvalue weighted by molar-refractivity contribution is 7.13. The Morgan fingerprint density at radius 2 is 2.08 bits per heavy atom. The smallest absolute Gasteiger partial charge is 0.142 e. The van der Waals surface area contributed by atoms with E-state index in [4.69, 9.17) is 11.6 Å². The maximum Gasteiger partial charge on any atom is 0.142 e. The Kier molecular flexibility index (Phi) is 2.34. The number of thiophene rings is 1. The highest BCUT2D eigenvalue weighted by atomic mass is 35.5. The Morgan fingerprint density at radius 1 is 1.23 bits per heavy atom. The summed E-state index contributed by atoms with van der Waals surface area (Å²) in [6, 6.07) is 8.73. The minimum absolute atomic E-state index is 0.167. The fourth-order valence-electron chi connectivity index (χ4n) is 1.09. The first-order chi connectivity index (χ1) is 6.27. The molecule has 0 amide bonds. The van der Waals surface area contributed by atoms with Gasteiger partial charge in [0.05, 0.1) is 5.02 Å². The highest BCUT2D eigenvalue weighted by Gasteiger charge is 2.03. The van der Waals surface area contributed by atoms with E-state index < -0.39 is 0 Å². The molecule has 1 aromatic heterocycles. The first-order valence-corrected chi connectivity index (χ1v) is 5.02. The molecule has 0 spiro atoms. The Labute approximate surface area is 84.6 Å². The average Bonchev–Trinajstić information content (AvgIpc) is 2.62. The molecule has 1 heterocycles. The summed E-state index contributed by atoms with van der Waals surface area (Å²) in [6.45, 7) is 0. The van der Waals surface area contributed by atoms with Crippen molar-refractivity contribution in [1.29, 1.82) is 0 Å². The summed E-state index contributed by atoms with van der Waals surface area (Å²) in [4.78, 5) is 1.05. The lowest BCUT2D eigenvalue weighted by atomic mass is 10.2. The van der Waals surface area contributed by atoms with Crippen LogP contribution < -0.4 is 0 Å². The van der Waals surface area contributed by atoms with Crippen LogP contribution >= 0.6 is 22.9 Å². The van der Waals surface area contributed by atoms with Gasteiger partial charge in [0.1, 0.15) is 5.82 Å². The zero-order chi connectivity index (χ0) is 9.26. The molecule has 0 N–H and O–H groups in total. The minimum atomic E-state index is -0.368. The normalized spacial score (nSPS) is 10.3. The van der Waals surface area contributed by atoms with Crippen LogP contribution in [0.15, 0.2) is 35.7 Å². The van der Waals surface area contributed by atoms with Crippen molar-refractivity contribution in [2.24, 2.45) is 0 Å². The Morgan fingerprint density at radius 3 is 2.69 bits per heavy atom. The molecule has 0 saturated carbocycles. The lowest BCUT2D eigenvalue weighted by Crippen LogP contribution is -1.78. The third kappa shape index (κ3) is 1.74. The summed E-state index contributed by atoms with van der Waals surface area (Å²) >= 11 is 7.15. The summed E-state index contributed by atoms with van der Waals surface area (Å²) in [6.07, 6.45) is 0. The van der Waals surface area contributed by atoms with E-state index in [-0.39, 0.29) is 10.8 Å². The molecule has 0 radical (unpaired) electrons. The molecule has 13 heavy (non-hydrogen) atoms. The largest absolute Gasteiger partial charge is 0.205 e. The number of hydrogen-bond donors (Lipinski definition) is 0. The van der Waals surface area contributed by atoms with E-state index >= 15 is 0 Å². The van der Waals surface area contributed by atoms with E-state index in [1.807, 2.05) is 23.6 Å². The number of benzene rings is 1. The Balaban J connectivity index is 2.49. The van der Waals surface area contributed by atoms with Crippen LogP contribution in [-0.2, 0) is 0 Å². The van der Waals surface area contributed by atoms with Crippen molar-refractivity contribution in [2.75, 3.05) is 0 Å². The first kappa shape index (κ1) is 8.73. The molecule has 0 fully saturated rings. The van der Waals surface area contributed by atoms with E-state index in [1.165, 1.54) is 6.07 Å². The molecule has 0 saturated heterocycles. The van der Waals surface area contributed by atoms with Gasteiger partial charge >= 0.3 is 0 Å². The second kappa shape index (κ2) is 3.48. The van der Waals surface area contributed by atoms with Crippen LogP contribution in [0, 0.1) is 5.82 Å². The fraction of sp³-hybridized carbons (Fsp3) is 0. The Bertz CT molecular complexity index is 409. The lowest BCUT2D eigenvalue weighted by molar-refractivity contribution is 0.629. The van der Waals surface area contributed by atoms with Crippen LogP contribution in [0.2, 0.25) is 5.02 Å². The highest BCUT2D eigenvalue weighted by Crippen LogP contribution is 2.27. The van der Waals surface area contributed by atoms with E-state index in [0.29, 0.717) is 0 Å². The van der Waals surface area contributed by atoms with Gasteiger partial charge in [-0.15, -0.1) is 11.3 Å². The van der Waals surface area contributed by atoms with Crippen molar-refractivity contribution >= 4 is 22.9 Å². The zero-order valence-corrected chi connectivity index (χ0v) is 8.20. The standard InChI is InChI=1S/C10H6ClFS/c11-8-4-3-7(6-9(8)12)10-2-1-5-13-10/h1-6H. The molecular weight excluding hydrogens is 207 g/mol. The SMILES string of the molecule is Fc1cc(-c2cccs2)ccc1Cl. The molecular formula is C10H6ClFS. The average molecular weight is 213 g/mol. The van der Waals surface area contributed by atoms with Gasteiger partial charge in [-0.05, 0) is 29.1 Å². The van der Waals surface area contributed by atoms with Crippen LogP contribution in [0.3, 0.4) is 0 Å². The van der Waals surface area contributed by atoms with Gasteiger partial charge in [0.15, 0.2) is 0 Å². The molecule has 3 heteroatoms. The molecule has 0 aliphatic heterocycles. The number of rotatable bonds is 1. The van der Waals surface area contributed by atoms with Gasteiger partial charge in [0.2, 0.25) is 0 Å². The third-order valence-electron chi connectivity index (χ3n) is 1.73. The van der Waals surface area contributed by atoms with E-state index in [0.717, 1.165) is 10.4 Å². The molecule has 0 unspecified atom stereocenters. The van der Waals surface area contributed by atoms with Gasteiger partial charge in [0.25, 0.3) is 0 Å². The maximum absolute atomic E-state index is 13.0. The van der Waals surface area contributed by atoms with Crippen LogP contribution in [0.4, 0.5) is 4.39 Å². The van der Waals surface area contributed by atoms with Crippen LogP contribution in [0.25, 0.3) is 10.4 Å². The fourth-order valence-corrected chi connectivity index (χ4v) is 1.93. The summed E-state index contributed by atoms with van der Waals surface area (Å²) in [5, 5.41) is 2.13. The maximum atomic E-state index is 13.0. The Hall–Kier alpha value is -0.860. The van der Waals surface area contributed by atoms with Gasteiger partial charge in [0, 0.05) is 4.88 Å². The van der Waals surface area contributed by atoms with E-state index in [2.05, 4.69) is 0 Å². The molecule has 1 aromatic carbocycles. The topological polar surface area (TPSA) is 0 Å². The molecule has 0 bridgehead atoms. The van der Waals surface area contributed by atoms with E-state index in [1.54, 1.807) is 17.4 Å². The zero-order valence-electron chi connectivity index (χ0n) is 6.63. The van der Waals surface area contributed by atoms with Gasteiger partial charge < -0.3 is 0 Å². The third-order valence-corrected chi connectivity index (χ3v) is 2.95. The minimum Gasteiger partial charge on any atom is -0.205 e. The van der Waals surface area contributed by atoms with Crippen molar-refractivity contribution < 1.29 is 4.39 Å². The van der Waals surface area contributed by atoms with Gasteiger partial charge in [-0.25, -0.2) is 4.39 Å². The van der Waals surface area contributed by atoms with Crippen molar-refractivity contribution in [3.8, 4) is 10.4 Å². The summed E-state index contributed by atoms with van der Waals surface area (Å²) in [7, 11) is 0. The molecule has 0 atom stereocenters. The second-order valence-electron chi connectivity index (χ2n) is 2.61. The molecule has 0 aliphatic carbocycles. The van der Waals surface area contributed by atoms with Crippen molar-refractivity contribution in [3.63, 3.8) is 0 Å². The van der Waals surface area contributed by atoms with E-state index in [9.17, 15) is 4.39 Å². The molecule has 2 rings (SSSR count). The summed E-state index contributed by atoms with van der Waals surface area (Å²) < 4.78 is 13.0. The number of hydrogen-bond acceptors (Lipinski definition) is 1. The molecule has 0 aliphatic rings. The monoisotopic (exact) mass is 212 g/mol. The van der Waals surface area contributed by atoms with Gasteiger partial charge in [-0.1, -0.05) is 23.7 Å². The molecule has 2 aromatic rings.